The van der Waals surface area contributed by atoms with E-state index in [0.29, 0.717) is 4.48 Å². The molecule has 0 saturated carbocycles. The Kier molecular flexibility index (Phi) is 18.7. The second-order valence-corrected chi connectivity index (χ2v) is 11.4. The van der Waals surface area contributed by atoms with Gasteiger partial charge in [-0.15, -0.1) is 0 Å². The molecule has 0 aliphatic carbocycles. The van der Waals surface area contributed by atoms with Crippen LogP contribution >= 0.6 is 8.03 Å². The van der Waals surface area contributed by atoms with Gasteiger partial charge in [-0.05, 0) is 57.8 Å². The van der Waals surface area contributed by atoms with Crippen molar-refractivity contribution >= 4 is 8.03 Å². The fourth-order valence-electron chi connectivity index (χ4n) is 4.34. The summed E-state index contributed by atoms with van der Waals surface area (Å²) in [5.74, 6) is 0. The van der Waals surface area contributed by atoms with E-state index in [0.717, 1.165) is 32.1 Å². The fraction of sp³-hybridized carbons (Fsp3) is 0.852. The Balaban J connectivity index is 3.72. The molecule has 0 aliphatic heterocycles. The van der Waals surface area contributed by atoms with Crippen molar-refractivity contribution in [3.63, 3.8) is 0 Å². The molecule has 0 radical (unpaired) electrons. The summed E-state index contributed by atoms with van der Waals surface area (Å²) in [4.78, 5) is 12.1. The van der Waals surface area contributed by atoms with E-state index in [-0.39, 0.29) is 0 Å². The molecule has 0 heterocycles. The highest BCUT2D eigenvalue weighted by molar-refractivity contribution is 7.38. The number of unbranched alkanes of at least 4 members (excludes halogenated alkanes) is 11. The van der Waals surface area contributed by atoms with Gasteiger partial charge in [0.05, 0.1) is 21.1 Å². The van der Waals surface area contributed by atoms with Gasteiger partial charge in [0.15, 0.2) is 0 Å². The number of quaternary nitrogens is 1. The summed E-state index contributed by atoms with van der Waals surface area (Å²) < 4.78 is 12.6. The molecule has 182 valence electrons. The Labute approximate surface area is 195 Å². The number of nitrogens with zero attached hydrogens (tertiary/aromatic N) is 1. The third-order valence-corrected chi connectivity index (χ3v) is 8.19. The molecule has 0 spiro atoms. The first-order chi connectivity index (χ1) is 14.8. The SMILES string of the molecule is CCCC=CCCCCC=CCCCCCCCCCC(CCC)([P+](=O)[O-])[N+](C)(C)C. The lowest BCUT2D eigenvalue weighted by molar-refractivity contribution is -0.910. The maximum atomic E-state index is 12.1. The summed E-state index contributed by atoms with van der Waals surface area (Å²) in [6, 6.07) is 0. The summed E-state index contributed by atoms with van der Waals surface area (Å²) >= 11 is 0. The molecule has 2 unspecified atom stereocenters. The van der Waals surface area contributed by atoms with Gasteiger partial charge in [0.1, 0.15) is 0 Å². The minimum absolute atomic E-state index is 0.517. The second kappa shape index (κ2) is 19.0. The molecular weight excluding hydrogens is 401 g/mol. The lowest BCUT2D eigenvalue weighted by Gasteiger charge is -2.39. The zero-order valence-corrected chi connectivity index (χ0v) is 22.4. The molecule has 0 saturated heterocycles. The Bertz CT molecular complexity index is 496. The van der Waals surface area contributed by atoms with Crippen LogP contribution < -0.4 is 4.89 Å². The zero-order valence-electron chi connectivity index (χ0n) is 21.5. The van der Waals surface area contributed by atoms with Gasteiger partial charge in [0.25, 0.3) is 5.28 Å². The van der Waals surface area contributed by atoms with Crippen LogP contribution in [0.15, 0.2) is 24.3 Å². The van der Waals surface area contributed by atoms with Gasteiger partial charge in [-0.3, -0.25) is 4.48 Å². The molecule has 0 aromatic carbocycles. The van der Waals surface area contributed by atoms with Crippen molar-refractivity contribution in [1.29, 1.82) is 0 Å². The molecule has 0 bridgehead atoms. The van der Waals surface area contributed by atoms with Crippen LogP contribution in [0.1, 0.15) is 123 Å². The quantitative estimate of drug-likeness (QED) is 0.0757. The zero-order chi connectivity index (χ0) is 23.4. The average Bonchev–Trinajstić information content (AvgIpc) is 2.71. The minimum atomic E-state index is -2.42. The van der Waals surface area contributed by atoms with E-state index in [2.05, 4.69) is 38.2 Å². The smallest absolute Gasteiger partial charge is 0.376 e. The Morgan fingerprint density at radius 3 is 1.48 bits per heavy atom. The van der Waals surface area contributed by atoms with E-state index in [1.165, 1.54) is 77.0 Å². The number of rotatable bonds is 21. The normalized spacial score (nSPS) is 15.1. The lowest BCUT2D eigenvalue weighted by atomic mass is 9.99. The maximum absolute atomic E-state index is 12.1. The Hall–Kier alpha value is -0.500. The molecule has 0 N–H and O–H groups in total. The van der Waals surface area contributed by atoms with Crippen molar-refractivity contribution < 1.29 is 13.9 Å². The van der Waals surface area contributed by atoms with Crippen LogP contribution in [0.25, 0.3) is 0 Å². The molecule has 4 heteroatoms. The van der Waals surface area contributed by atoms with Gasteiger partial charge in [0.2, 0.25) is 0 Å². The van der Waals surface area contributed by atoms with Crippen LogP contribution in [0.5, 0.6) is 0 Å². The van der Waals surface area contributed by atoms with Crippen LogP contribution in [0.3, 0.4) is 0 Å². The number of allylic oxidation sites excluding steroid dienone is 4. The van der Waals surface area contributed by atoms with Gasteiger partial charge >= 0.3 is 8.03 Å². The number of hydrogen-bond acceptors (Lipinski definition) is 2. The second-order valence-electron chi connectivity index (χ2n) is 10.0. The van der Waals surface area contributed by atoms with E-state index in [1.807, 2.05) is 21.1 Å². The van der Waals surface area contributed by atoms with Crippen molar-refractivity contribution in [2.75, 3.05) is 21.1 Å². The molecule has 0 rings (SSSR count). The highest BCUT2D eigenvalue weighted by Crippen LogP contribution is 2.45. The van der Waals surface area contributed by atoms with Crippen molar-refractivity contribution in [3.8, 4) is 0 Å². The Morgan fingerprint density at radius 1 is 0.645 bits per heavy atom. The first-order valence-electron chi connectivity index (χ1n) is 13.1. The predicted molar refractivity (Wildman–Crippen MR) is 136 cm³/mol. The minimum Gasteiger partial charge on any atom is -0.590 e. The molecule has 0 fully saturated rings. The highest BCUT2D eigenvalue weighted by atomic mass is 31.1. The van der Waals surface area contributed by atoms with Crippen LogP contribution in [0, 0.1) is 0 Å². The molecule has 0 aliphatic rings. The van der Waals surface area contributed by atoms with Crippen LogP contribution in [-0.2, 0) is 4.57 Å². The van der Waals surface area contributed by atoms with Gasteiger partial charge in [-0.25, -0.2) is 0 Å². The van der Waals surface area contributed by atoms with Crippen molar-refractivity contribution in [2.24, 2.45) is 0 Å². The topological polar surface area (TPSA) is 40.1 Å². The summed E-state index contributed by atoms with van der Waals surface area (Å²) in [5.41, 5.74) is 0. The molecule has 0 aromatic rings. The number of hydrogen-bond donors (Lipinski definition) is 0. The van der Waals surface area contributed by atoms with Gasteiger partial charge < -0.3 is 4.89 Å². The monoisotopic (exact) mass is 454 g/mol. The first-order valence-corrected chi connectivity index (χ1v) is 14.3. The predicted octanol–water partition coefficient (Wildman–Crippen LogP) is 8.28. The van der Waals surface area contributed by atoms with Gasteiger partial charge in [-0.2, -0.15) is 0 Å². The van der Waals surface area contributed by atoms with E-state index < -0.39 is 13.3 Å². The van der Waals surface area contributed by atoms with Crippen molar-refractivity contribution in [3.05, 3.63) is 24.3 Å². The molecule has 31 heavy (non-hydrogen) atoms. The largest absolute Gasteiger partial charge is 0.590 e. The third kappa shape index (κ3) is 14.3. The van der Waals surface area contributed by atoms with Crippen molar-refractivity contribution in [1.82, 2.24) is 0 Å². The van der Waals surface area contributed by atoms with Gasteiger partial charge in [0, 0.05) is 12.8 Å². The first kappa shape index (κ1) is 30.5. The third-order valence-electron chi connectivity index (χ3n) is 6.47. The standard InChI is InChI=1S/C27H53NO2P/c1-6-8-9-10-11-12-13-14-15-16-17-18-19-20-21-22-23-24-26-27(25-7-2,31(29)30)28(3,4)5/h9-10,15-16H,6-8,11-14,17-26H2,1-5H3/q+1. The van der Waals surface area contributed by atoms with Crippen LogP contribution in [-0.4, -0.2) is 30.9 Å². The molecule has 2 atom stereocenters. The highest BCUT2D eigenvalue weighted by Gasteiger charge is 2.53. The molecular formula is C27H53NO2P+. The van der Waals surface area contributed by atoms with E-state index in [1.54, 1.807) is 0 Å². The van der Waals surface area contributed by atoms with E-state index in [9.17, 15) is 9.46 Å². The van der Waals surface area contributed by atoms with Crippen LogP contribution in [0.4, 0.5) is 0 Å². The van der Waals surface area contributed by atoms with Gasteiger partial charge in [-0.1, -0.05) is 81.2 Å². The van der Waals surface area contributed by atoms with Crippen molar-refractivity contribution in [2.45, 2.75) is 128 Å². The van der Waals surface area contributed by atoms with Crippen LogP contribution in [0.2, 0.25) is 0 Å². The molecule has 3 nitrogen and oxygen atoms in total. The fourth-order valence-corrected chi connectivity index (χ4v) is 5.58. The van der Waals surface area contributed by atoms with E-state index in [4.69, 9.17) is 0 Å². The summed E-state index contributed by atoms with van der Waals surface area (Å²) in [7, 11) is 3.66. The average molecular weight is 455 g/mol. The molecule has 0 amide bonds. The summed E-state index contributed by atoms with van der Waals surface area (Å²) in [5, 5.41) is -0.595. The van der Waals surface area contributed by atoms with E-state index >= 15 is 0 Å². The summed E-state index contributed by atoms with van der Waals surface area (Å²) in [6.07, 6.45) is 29.3. The maximum Gasteiger partial charge on any atom is 0.376 e. The lowest BCUT2D eigenvalue weighted by Crippen LogP contribution is -2.55. The molecule has 0 aromatic heterocycles. The Morgan fingerprint density at radius 2 is 1.06 bits per heavy atom. The summed E-state index contributed by atoms with van der Waals surface area (Å²) in [6.45, 7) is 4.31.